The lowest BCUT2D eigenvalue weighted by molar-refractivity contribution is 0.878. The molecule has 0 aliphatic heterocycles. The van der Waals surface area contributed by atoms with Crippen molar-refractivity contribution < 1.29 is 0 Å². The highest BCUT2D eigenvalue weighted by Gasteiger charge is 1.99. The molecule has 0 saturated heterocycles. The normalized spacial score (nSPS) is 10.1. The second-order valence-electron chi connectivity index (χ2n) is 2.88. The summed E-state index contributed by atoms with van der Waals surface area (Å²) in [6.45, 7) is 2.85. The van der Waals surface area contributed by atoms with E-state index in [1.54, 1.807) is 11.0 Å². The van der Waals surface area contributed by atoms with Gasteiger partial charge in [-0.2, -0.15) is 0 Å². The quantitative estimate of drug-likeness (QED) is 0.797. The molecule has 0 aliphatic carbocycles. The molecule has 0 aliphatic rings. The van der Waals surface area contributed by atoms with Crippen LogP contribution in [0.2, 0.25) is 0 Å². The van der Waals surface area contributed by atoms with Crippen LogP contribution in [0.1, 0.15) is 6.92 Å². The van der Waals surface area contributed by atoms with Crippen LogP contribution in [0.25, 0.3) is 5.69 Å². The number of benzene rings is 1. The number of hydrogen-bond acceptors (Lipinski definition) is 3. The standard InChI is InChI=1S/C10H12N4/c1-2-11-10-12-8-14(13-10)9-6-4-3-5-7-9/h3-8H,2H2,1H3,(H,11,13). The molecule has 1 N–H and O–H groups in total. The summed E-state index contributed by atoms with van der Waals surface area (Å²) in [4.78, 5) is 4.12. The summed E-state index contributed by atoms with van der Waals surface area (Å²) in [5.74, 6) is 0.663. The van der Waals surface area contributed by atoms with Crippen LogP contribution in [-0.4, -0.2) is 21.3 Å². The molecule has 14 heavy (non-hydrogen) atoms. The van der Waals surface area contributed by atoms with Gasteiger partial charge in [-0.3, -0.25) is 0 Å². The fraction of sp³-hybridized carbons (Fsp3) is 0.200. The van der Waals surface area contributed by atoms with E-state index in [9.17, 15) is 0 Å². The van der Waals surface area contributed by atoms with Gasteiger partial charge in [0.15, 0.2) is 0 Å². The van der Waals surface area contributed by atoms with E-state index in [0.717, 1.165) is 12.2 Å². The predicted octanol–water partition coefficient (Wildman–Crippen LogP) is 1.70. The van der Waals surface area contributed by atoms with Crippen molar-refractivity contribution in [1.82, 2.24) is 14.8 Å². The largest absolute Gasteiger partial charge is 0.353 e. The molecule has 1 heterocycles. The van der Waals surface area contributed by atoms with Crippen LogP contribution < -0.4 is 5.32 Å². The Morgan fingerprint density at radius 3 is 2.79 bits per heavy atom. The lowest BCUT2D eigenvalue weighted by Gasteiger charge is -1.98. The van der Waals surface area contributed by atoms with Gasteiger partial charge < -0.3 is 5.32 Å². The van der Waals surface area contributed by atoms with E-state index < -0.39 is 0 Å². The van der Waals surface area contributed by atoms with Crippen LogP contribution in [-0.2, 0) is 0 Å². The summed E-state index contributed by atoms with van der Waals surface area (Å²) in [6, 6.07) is 9.91. The van der Waals surface area contributed by atoms with Crippen molar-refractivity contribution in [2.45, 2.75) is 6.92 Å². The van der Waals surface area contributed by atoms with E-state index in [1.807, 2.05) is 37.3 Å². The molecule has 2 rings (SSSR count). The van der Waals surface area contributed by atoms with Gasteiger partial charge in [-0.1, -0.05) is 18.2 Å². The first-order valence-corrected chi connectivity index (χ1v) is 4.61. The molecule has 0 unspecified atom stereocenters. The van der Waals surface area contributed by atoms with Gasteiger partial charge in [0, 0.05) is 6.54 Å². The maximum Gasteiger partial charge on any atom is 0.242 e. The van der Waals surface area contributed by atoms with Crippen LogP contribution >= 0.6 is 0 Å². The smallest absolute Gasteiger partial charge is 0.242 e. The summed E-state index contributed by atoms with van der Waals surface area (Å²) in [5, 5.41) is 7.32. The van der Waals surface area contributed by atoms with Gasteiger partial charge in [0.2, 0.25) is 5.95 Å². The molecule has 1 aromatic heterocycles. The van der Waals surface area contributed by atoms with Crippen LogP contribution in [0.15, 0.2) is 36.7 Å². The minimum atomic E-state index is 0.663. The third-order valence-electron chi connectivity index (χ3n) is 1.85. The van der Waals surface area contributed by atoms with Crippen molar-refractivity contribution in [3.8, 4) is 5.69 Å². The molecule has 0 spiro atoms. The highest BCUT2D eigenvalue weighted by molar-refractivity contribution is 5.32. The molecule has 0 atom stereocenters. The molecule has 0 amide bonds. The summed E-state index contributed by atoms with van der Waals surface area (Å²) in [6.07, 6.45) is 1.70. The van der Waals surface area contributed by atoms with E-state index in [4.69, 9.17) is 0 Å². The van der Waals surface area contributed by atoms with E-state index in [2.05, 4.69) is 15.4 Å². The number of aromatic nitrogens is 3. The lowest BCUT2D eigenvalue weighted by atomic mass is 10.3. The van der Waals surface area contributed by atoms with E-state index in [0.29, 0.717) is 5.95 Å². The number of anilines is 1. The molecule has 0 fully saturated rings. The zero-order valence-corrected chi connectivity index (χ0v) is 8.01. The molecular formula is C10H12N4. The molecule has 2 aromatic rings. The van der Waals surface area contributed by atoms with Crippen molar-refractivity contribution in [3.05, 3.63) is 36.7 Å². The van der Waals surface area contributed by atoms with Gasteiger partial charge in [-0.25, -0.2) is 9.67 Å². The first-order valence-electron chi connectivity index (χ1n) is 4.61. The maximum absolute atomic E-state index is 4.26. The molecule has 4 heteroatoms. The molecule has 0 bridgehead atoms. The second kappa shape index (κ2) is 3.91. The third-order valence-corrected chi connectivity index (χ3v) is 1.85. The second-order valence-corrected chi connectivity index (χ2v) is 2.88. The summed E-state index contributed by atoms with van der Waals surface area (Å²) >= 11 is 0. The SMILES string of the molecule is CCNc1ncn(-c2ccccc2)n1. The first-order chi connectivity index (χ1) is 6.90. The molecule has 1 aromatic carbocycles. The minimum absolute atomic E-state index is 0.663. The predicted molar refractivity (Wildman–Crippen MR) is 55.5 cm³/mol. The van der Waals surface area contributed by atoms with Gasteiger partial charge in [-0.15, -0.1) is 5.10 Å². The fourth-order valence-corrected chi connectivity index (χ4v) is 1.21. The monoisotopic (exact) mass is 188 g/mol. The highest BCUT2D eigenvalue weighted by atomic mass is 15.4. The average molecular weight is 188 g/mol. The van der Waals surface area contributed by atoms with Crippen LogP contribution in [0.5, 0.6) is 0 Å². The Bertz CT molecular complexity index is 394. The number of nitrogens with zero attached hydrogens (tertiary/aromatic N) is 3. The third kappa shape index (κ3) is 1.74. The molecule has 4 nitrogen and oxygen atoms in total. The van der Waals surface area contributed by atoms with E-state index >= 15 is 0 Å². The van der Waals surface area contributed by atoms with Gasteiger partial charge in [0.05, 0.1) is 5.69 Å². The van der Waals surface area contributed by atoms with Crippen LogP contribution in [0.4, 0.5) is 5.95 Å². The first kappa shape index (κ1) is 8.74. The lowest BCUT2D eigenvalue weighted by Crippen LogP contribution is -2.00. The van der Waals surface area contributed by atoms with Crippen molar-refractivity contribution in [1.29, 1.82) is 0 Å². The minimum Gasteiger partial charge on any atom is -0.353 e. The van der Waals surface area contributed by atoms with Crippen molar-refractivity contribution in [2.24, 2.45) is 0 Å². The zero-order valence-electron chi connectivity index (χ0n) is 8.01. The summed E-state index contributed by atoms with van der Waals surface area (Å²) in [5.41, 5.74) is 1.02. The van der Waals surface area contributed by atoms with Crippen LogP contribution in [0.3, 0.4) is 0 Å². The van der Waals surface area contributed by atoms with E-state index in [-0.39, 0.29) is 0 Å². The van der Waals surface area contributed by atoms with Crippen molar-refractivity contribution in [3.63, 3.8) is 0 Å². The van der Waals surface area contributed by atoms with Gasteiger partial charge in [0.1, 0.15) is 6.33 Å². The van der Waals surface area contributed by atoms with Crippen molar-refractivity contribution in [2.75, 3.05) is 11.9 Å². The van der Waals surface area contributed by atoms with Gasteiger partial charge >= 0.3 is 0 Å². The fourth-order valence-electron chi connectivity index (χ4n) is 1.21. The zero-order chi connectivity index (χ0) is 9.80. The van der Waals surface area contributed by atoms with Gasteiger partial charge in [0.25, 0.3) is 0 Å². The number of rotatable bonds is 3. The number of nitrogens with one attached hydrogen (secondary N) is 1. The maximum atomic E-state index is 4.26. The Balaban J connectivity index is 2.25. The Morgan fingerprint density at radius 1 is 1.29 bits per heavy atom. The van der Waals surface area contributed by atoms with E-state index in [1.165, 1.54) is 0 Å². The summed E-state index contributed by atoms with van der Waals surface area (Å²) < 4.78 is 1.75. The molecule has 0 saturated carbocycles. The Hall–Kier alpha value is -1.84. The Labute approximate surface area is 82.6 Å². The summed E-state index contributed by atoms with van der Waals surface area (Å²) in [7, 11) is 0. The number of hydrogen-bond donors (Lipinski definition) is 1. The van der Waals surface area contributed by atoms with Gasteiger partial charge in [-0.05, 0) is 19.1 Å². The Morgan fingerprint density at radius 2 is 2.07 bits per heavy atom. The molecule has 0 radical (unpaired) electrons. The average Bonchev–Trinajstić information content (AvgIpc) is 2.68. The Kier molecular flexibility index (Phi) is 2.44. The topological polar surface area (TPSA) is 42.7 Å². The van der Waals surface area contributed by atoms with Crippen LogP contribution in [0, 0.1) is 0 Å². The molecular weight excluding hydrogens is 176 g/mol. The highest BCUT2D eigenvalue weighted by Crippen LogP contribution is 2.06. The molecule has 72 valence electrons. The number of para-hydroxylation sites is 1. The van der Waals surface area contributed by atoms with Crippen molar-refractivity contribution >= 4 is 5.95 Å².